The van der Waals surface area contributed by atoms with Crippen LogP contribution in [-0.4, -0.2) is 28.2 Å². The number of aromatic nitrogens is 1. The molecule has 0 radical (unpaired) electrons. The molecule has 1 atom stereocenters. The highest BCUT2D eigenvalue weighted by atomic mass is 32.2. The molecule has 2 heterocycles. The highest BCUT2D eigenvalue weighted by Gasteiger charge is 2.30. The van der Waals surface area contributed by atoms with E-state index in [0.717, 1.165) is 34.3 Å². The molecule has 1 aromatic heterocycles. The van der Waals surface area contributed by atoms with Gasteiger partial charge >= 0.3 is 6.03 Å². The van der Waals surface area contributed by atoms with Gasteiger partial charge in [0.25, 0.3) is 0 Å². The average Bonchev–Trinajstić information content (AvgIpc) is 3.13. The molecule has 4 rings (SSSR count). The molecule has 1 unspecified atom stereocenters. The van der Waals surface area contributed by atoms with Gasteiger partial charge in [0.2, 0.25) is 0 Å². The maximum Gasteiger partial charge on any atom is 0.323 e. The van der Waals surface area contributed by atoms with E-state index < -0.39 is 0 Å². The minimum Gasteiger partial charge on any atom is -0.308 e. The molecule has 1 aliphatic heterocycles. The maximum absolute atomic E-state index is 12.8. The summed E-state index contributed by atoms with van der Waals surface area (Å²) in [6.07, 6.45) is 3.55. The summed E-state index contributed by atoms with van der Waals surface area (Å²) in [6.45, 7) is 0.744. The molecule has 1 saturated heterocycles. The van der Waals surface area contributed by atoms with Crippen LogP contribution in [0.3, 0.4) is 0 Å². The van der Waals surface area contributed by atoms with E-state index >= 15 is 0 Å². The molecular weight excluding hydrogens is 318 g/mol. The Kier molecular flexibility index (Phi) is 4.09. The topological polar surface area (TPSA) is 45.2 Å². The van der Waals surface area contributed by atoms with Crippen LogP contribution in [0.25, 0.3) is 10.8 Å². The molecule has 0 spiro atoms. The Morgan fingerprint density at radius 1 is 1.08 bits per heavy atom. The number of urea groups is 1. The van der Waals surface area contributed by atoms with Crippen molar-refractivity contribution in [2.75, 3.05) is 17.6 Å². The van der Waals surface area contributed by atoms with Gasteiger partial charge in [-0.15, -0.1) is 11.8 Å². The van der Waals surface area contributed by atoms with Crippen LogP contribution in [-0.2, 0) is 0 Å². The lowest BCUT2D eigenvalue weighted by Gasteiger charge is -2.24. The van der Waals surface area contributed by atoms with E-state index in [1.54, 1.807) is 24.2 Å². The van der Waals surface area contributed by atoms with Gasteiger partial charge in [-0.3, -0.25) is 4.98 Å². The van der Waals surface area contributed by atoms with Gasteiger partial charge in [0.1, 0.15) is 5.37 Å². The fourth-order valence-electron chi connectivity index (χ4n) is 3.00. The van der Waals surface area contributed by atoms with Gasteiger partial charge in [0.15, 0.2) is 0 Å². The number of carbonyl (C=O) groups excluding carboxylic acids is 1. The number of anilines is 1. The van der Waals surface area contributed by atoms with Crippen molar-refractivity contribution in [3.63, 3.8) is 0 Å². The molecule has 2 amide bonds. The van der Waals surface area contributed by atoms with E-state index in [9.17, 15) is 4.79 Å². The normalized spacial score (nSPS) is 17.2. The Morgan fingerprint density at radius 2 is 1.88 bits per heavy atom. The van der Waals surface area contributed by atoms with E-state index in [0.29, 0.717) is 0 Å². The largest absolute Gasteiger partial charge is 0.323 e. The molecule has 0 saturated carbocycles. The number of hydrogen-bond acceptors (Lipinski definition) is 3. The van der Waals surface area contributed by atoms with Crippen molar-refractivity contribution in [2.24, 2.45) is 0 Å². The number of amides is 2. The fourth-order valence-corrected chi connectivity index (χ4v) is 4.26. The predicted octanol–water partition coefficient (Wildman–Crippen LogP) is 4.51. The number of rotatable bonds is 2. The number of carbonyl (C=O) groups is 1. The molecule has 0 bridgehead atoms. The molecule has 4 nitrogen and oxygen atoms in total. The first-order valence-electron chi connectivity index (χ1n) is 7.90. The number of thioether (sulfide) groups is 1. The van der Waals surface area contributed by atoms with Crippen molar-refractivity contribution >= 4 is 34.3 Å². The summed E-state index contributed by atoms with van der Waals surface area (Å²) >= 11 is 1.78. The van der Waals surface area contributed by atoms with Gasteiger partial charge < -0.3 is 10.2 Å². The molecule has 5 heteroatoms. The SMILES string of the molecule is O=C(Nc1cccc2ccccc12)N1CCSC1c1ccncc1. The Morgan fingerprint density at radius 3 is 2.75 bits per heavy atom. The highest BCUT2D eigenvalue weighted by Crippen LogP contribution is 2.38. The van der Waals surface area contributed by atoms with Crippen LogP contribution in [0.5, 0.6) is 0 Å². The number of benzene rings is 2. The number of nitrogens with one attached hydrogen (secondary N) is 1. The minimum absolute atomic E-state index is 0.0444. The lowest BCUT2D eigenvalue weighted by Crippen LogP contribution is -2.34. The zero-order chi connectivity index (χ0) is 16.4. The Balaban J connectivity index is 1.59. The van der Waals surface area contributed by atoms with Gasteiger partial charge in [-0.25, -0.2) is 4.79 Å². The molecule has 0 aliphatic carbocycles. The summed E-state index contributed by atoms with van der Waals surface area (Å²) in [5.41, 5.74) is 1.96. The second-order valence-corrected chi connectivity index (χ2v) is 6.84. The first-order valence-corrected chi connectivity index (χ1v) is 8.95. The van der Waals surface area contributed by atoms with E-state index in [2.05, 4.69) is 22.4 Å². The standard InChI is InChI=1S/C19H17N3OS/c23-19(21-17-7-3-5-14-4-1-2-6-16(14)17)22-12-13-24-18(22)15-8-10-20-11-9-15/h1-11,18H,12-13H2,(H,21,23). The molecule has 24 heavy (non-hydrogen) atoms. The van der Waals surface area contributed by atoms with Crippen molar-refractivity contribution < 1.29 is 4.79 Å². The van der Waals surface area contributed by atoms with Gasteiger partial charge in [-0.05, 0) is 29.1 Å². The maximum atomic E-state index is 12.8. The molecule has 1 fully saturated rings. The van der Waals surface area contributed by atoms with E-state index in [4.69, 9.17) is 0 Å². The van der Waals surface area contributed by atoms with Crippen LogP contribution >= 0.6 is 11.8 Å². The van der Waals surface area contributed by atoms with Crippen molar-refractivity contribution in [1.29, 1.82) is 0 Å². The van der Waals surface area contributed by atoms with Gasteiger partial charge in [-0.2, -0.15) is 0 Å². The molecule has 1 aliphatic rings. The summed E-state index contributed by atoms with van der Waals surface area (Å²) in [5.74, 6) is 0.940. The molecular formula is C19H17N3OS. The zero-order valence-corrected chi connectivity index (χ0v) is 13.9. The van der Waals surface area contributed by atoms with E-state index in [-0.39, 0.29) is 11.4 Å². The number of pyridine rings is 1. The summed E-state index contributed by atoms with van der Waals surface area (Å²) in [5, 5.41) is 5.31. The second kappa shape index (κ2) is 6.53. The van der Waals surface area contributed by atoms with Crippen LogP contribution in [0.4, 0.5) is 10.5 Å². The zero-order valence-electron chi connectivity index (χ0n) is 13.1. The third-order valence-electron chi connectivity index (χ3n) is 4.17. The van der Waals surface area contributed by atoms with Crippen LogP contribution < -0.4 is 5.32 Å². The first kappa shape index (κ1) is 15.0. The third-order valence-corrected chi connectivity index (χ3v) is 5.44. The summed E-state index contributed by atoms with van der Waals surface area (Å²) in [4.78, 5) is 18.8. The first-order chi connectivity index (χ1) is 11.8. The van der Waals surface area contributed by atoms with Gasteiger partial charge in [0, 0.05) is 30.1 Å². The Bertz CT molecular complexity index is 863. The van der Waals surface area contributed by atoms with Crippen LogP contribution in [0, 0.1) is 0 Å². The average molecular weight is 335 g/mol. The number of fused-ring (bicyclic) bond motifs is 1. The lowest BCUT2D eigenvalue weighted by molar-refractivity contribution is 0.214. The third kappa shape index (κ3) is 2.83. The van der Waals surface area contributed by atoms with Crippen molar-refractivity contribution in [3.8, 4) is 0 Å². The van der Waals surface area contributed by atoms with E-state index in [1.807, 2.05) is 47.4 Å². The quantitative estimate of drug-likeness (QED) is 0.749. The highest BCUT2D eigenvalue weighted by molar-refractivity contribution is 7.99. The summed E-state index contributed by atoms with van der Waals surface area (Å²) in [7, 11) is 0. The van der Waals surface area contributed by atoms with Crippen LogP contribution in [0.1, 0.15) is 10.9 Å². The minimum atomic E-state index is -0.0573. The molecule has 120 valence electrons. The monoisotopic (exact) mass is 335 g/mol. The van der Waals surface area contributed by atoms with Crippen LogP contribution in [0.15, 0.2) is 67.0 Å². The van der Waals surface area contributed by atoms with Gasteiger partial charge in [0.05, 0.1) is 5.69 Å². The summed E-state index contributed by atoms with van der Waals surface area (Å²) in [6, 6.07) is 17.9. The van der Waals surface area contributed by atoms with Crippen molar-refractivity contribution in [2.45, 2.75) is 5.37 Å². The smallest absolute Gasteiger partial charge is 0.308 e. The lowest BCUT2D eigenvalue weighted by atomic mass is 10.1. The second-order valence-electron chi connectivity index (χ2n) is 5.65. The van der Waals surface area contributed by atoms with E-state index in [1.165, 1.54) is 0 Å². The predicted molar refractivity (Wildman–Crippen MR) is 99.1 cm³/mol. The molecule has 1 N–H and O–H groups in total. The Labute approximate surface area is 144 Å². The summed E-state index contributed by atoms with van der Waals surface area (Å²) < 4.78 is 0. The van der Waals surface area contributed by atoms with Crippen molar-refractivity contribution in [3.05, 3.63) is 72.6 Å². The van der Waals surface area contributed by atoms with Crippen molar-refractivity contribution in [1.82, 2.24) is 9.88 Å². The molecule has 2 aromatic carbocycles. The molecule has 3 aromatic rings. The van der Waals surface area contributed by atoms with Gasteiger partial charge in [-0.1, -0.05) is 36.4 Å². The van der Waals surface area contributed by atoms with Crippen LogP contribution in [0.2, 0.25) is 0 Å². The number of hydrogen-bond donors (Lipinski definition) is 1. The number of nitrogens with zero attached hydrogens (tertiary/aromatic N) is 2. The Hall–Kier alpha value is -2.53. The fraction of sp³-hybridized carbons (Fsp3) is 0.158.